The first-order chi connectivity index (χ1) is 9.95. The Labute approximate surface area is 123 Å². The van der Waals surface area contributed by atoms with Gasteiger partial charge in [0.15, 0.2) is 0 Å². The molecule has 1 aliphatic rings. The van der Waals surface area contributed by atoms with E-state index in [-0.39, 0.29) is 6.04 Å². The zero-order valence-corrected chi connectivity index (χ0v) is 12.0. The molecule has 2 N–H and O–H groups in total. The predicted octanol–water partition coefficient (Wildman–Crippen LogP) is 3.92. The number of halogens is 3. The van der Waals surface area contributed by atoms with Gasteiger partial charge in [0.25, 0.3) is 0 Å². The maximum atomic E-state index is 12.5. The van der Waals surface area contributed by atoms with Crippen molar-refractivity contribution in [1.29, 1.82) is 0 Å². The highest BCUT2D eigenvalue weighted by Gasteiger charge is 2.29. The van der Waals surface area contributed by atoms with Gasteiger partial charge in [0.05, 0.1) is 11.7 Å². The molecule has 0 aliphatic carbocycles. The maximum absolute atomic E-state index is 12.5. The molecule has 1 fully saturated rings. The van der Waals surface area contributed by atoms with Crippen LogP contribution in [0.5, 0.6) is 0 Å². The van der Waals surface area contributed by atoms with Crippen molar-refractivity contribution in [2.24, 2.45) is 5.73 Å². The van der Waals surface area contributed by atoms with Crippen LogP contribution < -0.4 is 5.73 Å². The van der Waals surface area contributed by atoms with Crippen molar-refractivity contribution >= 4 is 0 Å². The molecular formula is C16H22F3NO. The molecule has 2 unspecified atom stereocenters. The van der Waals surface area contributed by atoms with Crippen molar-refractivity contribution in [3.8, 4) is 0 Å². The van der Waals surface area contributed by atoms with Crippen molar-refractivity contribution in [3.05, 3.63) is 35.4 Å². The van der Waals surface area contributed by atoms with Gasteiger partial charge in [0.1, 0.15) is 0 Å². The molecule has 2 rings (SSSR count). The fraction of sp³-hybridized carbons (Fsp3) is 0.625. The lowest BCUT2D eigenvalue weighted by Crippen LogP contribution is -2.27. The largest absolute Gasteiger partial charge is 0.416 e. The fourth-order valence-electron chi connectivity index (χ4n) is 2.67. The van der Waals surface area contributed by atoms with E-state index in [0.29, 0.717) is 12.5 Å². The third-order valence-electron chi connectivity index (χ3n) is 3.91. The predicted molar refractivity (Wildman–Crippen MR) is 75.9 cm³/mol. The van der Waals surface area contributed by atoms with E-state index in [0.717, 1.165) is 50.0 Å². The van der Waals surface area contributed by atoms with Crippen LogP contribution in [0, 0.1) is 0 Å². The van der Waals surface area contributed by atoms with Crippen LogP contribution in [0.2, 0.25) is 0 Å². The molecule has 0 amide bonds. The molecule has 1 saturated heterocycles. The average molecular weight is 301 g/mol. The minimum absolute atomic E-state index is 0.0349. The lowest BCUT2D eigenvalue weighted by atomic mass is 9.97. The van der Waals surface area contributed by atoms with Crippen LogP contribution in [0.15, 0.2) is 24.3 Å². The quantitative estimate of drug-likeness (QED) is 0.894. The Morgan fingerprint density at radius 1 is 1.19 bits per heavy atom. The monoisotopic (exact) mass is 301 g/mol. The normalized spacial score (nSPS) is 21.2. The van der Waals surface area contributed by atoms with E-state index < -0.39 is 11.7 Å². The summed E-state index contributed by atoms with van der Waals surface area (Å²) in [6, 6.07) is 5.23. The molecule has 1 aliphatic heterocycles. The van der Waals surface area contributed by atoms with E-state index in [1.165, 1.54) is 18.6 Å². The van der Waals surface area contributed by atoms with E-state index in [9.17, 15) is 13.2 Å². The molecule has 2 nitrogen and oxygen atoms in total. The minimum Gasteiger partial charge on any atom is -0.378 e. The Morgan fingerprint density at radius 3 is 2.48 bits per heavy atom. The Bertz CT molecular complexity index is 424. The topological polar surface area (TPSA) is 35.2 Å². The molecule has 0 spiro atoms. The van der Waals surface area contributed by atoms with Crippen LogP contribution in [-0.4, -0.2) is 18.8 Å². The summed E-state index contributed by atoms with van der Waals surface area (Å²) in [5.74, 6) is 0. The third-order valence-corrected chi connectivity index (χ3v) is 3.91. The van der Waals surface area contributed by atoms with E-state index in [4.69, 9.17) is 10.5 Å². The molecule has 21 heavy (non-hydrogen) atoms. The number of hydrogen-bond acceptors (Lipinski definition) is 2. The van der Waals surface area contributed by atoms with Crippen molar-refractivity contribution in [3.63, 3.8) is 0 Å². The van der Waals surface area contributed by atoms with Gasteiger partial charge in [-0.2, -0.15) is 13.2 Å². The van der Waals surface area contributed by atoms with Crippen LogP contribution in [0.4, 0.5) is 13.2 Å². The third kappa shape index (κ3) is 5.32. The van der Waals surface area contributed by atoms with Gasteiger partial charge in [0, 0.05) is 12.6 Å². The molecule has 0 radical (unpaired) electrons. The SMILES string of the molecule is NC(CCC1CCCCO1)Cc1ccc(C(F)(F)F)cc1. The van der Waals surface area contributed by atoms with Crippen molar-refractivity contribution in [2.45, 2.75) is 56.8 Å². The molecule has 1 heterocycles. The highest BCUT2D eigenvalue weighted by Crippen LogP contribution is 2.29. The van der Waals surface area contributed by atoms with Gasteiger partial charge in [-0.3, -0.25) is 0 Å². The average Bonchev–Trinajstić information content (AvgIpc) is 2.46. The van der Waals surface area contributed by atoms with Gasteiger partial charge in [-0.25, -0.2) is 0 Å². The summed E-state index contributed by atoms with van der Waals surface area (Å²) in [7, 11) is 0. The van der Waals surface area contributed by atoms with Crippen molar-refractivity contribution in [1.82, 2.24) is 0 Å². The second-order valence-corrected chi connectivity index (χ2v) is 5.72. The Hall–Kier alpha value is -1.07. The Morgan fingerprint density at radius 2 is 1.90 bits per heavy atom. The van der Waals surface area contributed by atoms with Gasteiger partial charge < -0.3 is 10.5 Å². The molecular weight excluding hydrogens is 279 g/mol. The second-order valence-electron chi connectivity index (χ2n) is 5.72. The standard InChI is InChI=1S/C16H22F3NO/c17-16(18,19)13-6-4-12(5-7-13)11-14(20)8-9-15-3-1-2-10-21-15/h4-7,14-15H,1-3,8-11,20H2. The molecule has 0 bridgehead atoms. The molecule has 118 valence electrons. The fourth-order valence-corrected chi connectivity index (χ4v) is 2.67. The lowest BCUT2D eigenvalue weighted by molar-refractivity contribution is -0.137. The summed E-state index contributed by atoms with van der Waals surface area (Å²) in [5, 5.41) is 0. The van der Waals surface area contributed by atoms with Crippen LogP contribution in [0.3, 0.4) is 0 Å². The Kier molecular flexibility index (Phi) is 5.65. The van der Waals surface area contributed by atoms with Crippen LogP contribution >= 0.6 is 0 Å². The van der Waals surface area contributed by atoms with Crippen molar-refractivity contribution in [2.75, 3.05) is 6.61 Å². The number of hydrogen-bond donors (Lipinski definition) is 1. The summed E-state index contributed by atoms with van der Waals surface area (Å²) >= 11 is 0. The summed E-state index contributed by atoms with van der Waals surface area (Å²) in [4.78, 5) is 0. The smallest absolute Gasteiger partial charge is 0.378 e. The second kappa shape index (κ2) is 7.27. The number of ether oxygens (including phenoxy) is 1. The van der Waals surface area contributed by atoms with Crippen LogP contribution in [0.1, 0.15) is 43.2 Å². The highest BCUT2D eigenvalue weighted by molar-refractivity contribution is 5.25. The van der Waals surface area contributed by atoms with E-state index in [1.54, 1.807) is 0 Å². The number of alkyl halides is 3. The molecule has 1 aromatic carbocycles. The van der Waals surface area contributed by atoms with E-state index in [2.05, 4.69) is 0 Å². The van der Waals surface area contributed by atoms with E-state index in [1.807, 2.05) is 0 Å². The van der Waals surface area contributed by atoms with Crippen LogP contribution in [0.25, 0.3) is 0 Å². The van der Waals surface area contributed by atoms with E-state index >= 15 is 0 Å². The first-order valence-corrected chi connectivity index (χ1v) is 7.48. The highest BCUT2D eigenvalue weighted by atomic mass is 19.4. The summed E-state index contributed by atoms with van der Waals surface area (Å²) < 4.78 is 43.1. The van der Waals surface area contributed by atoms with Gasteiger partial charge in [-0.05, 0) is 56.2 Å². The number of benzene rings is 1. The molecule has 0 aromatic heterocycles. The van der Waals surface area contributed by atoms with Crippen LogP contribution in [-0.2, 0) is 17.3 Å². The first kappa shape index (κ1) is 16.3. The zero-order valence-electron chi connectivity index (χ0n) is 12.0. The van der Waals surface area contributed by atoms with Gasteiger partial charge in [-0.15, -0.1) is 0 Å². The molecule has 0 saturated carbocycles. The molecule has 1 aromatic rings. The minimum atomic E-state index is -4.28. The summed E-state index contributed by atoms with van der Waals surface area (Å²) in [6.45, 7) is 0.832. The van der Waals surface area contributed by atoms with Crippen molar-refractivity contribution < 1.29 is 17.9 Å². The first-order valence-electron chi connectivity index (χ1n) is 7.48. The lowest BCUT2D eigenvalue weighted by Gasteiger charge is -2.23. The zero-order chi connectivity index (χ0) is 15.3. The van der Waals surface area contributed by atoms with Gasteiger partial charge in [-0.1, -0.05) is 12.1 Å². The maximum Gasteiger partial charge on any atom is 0.416 e. The molecule has 5 heteroatoms. The summed E-state index contributed by atoms with van der Waals surface area (Å²) in [5.41, 5.74) is 6.30. The number of nitrogens with two attached hydrogens (primary N) is 1. The summed E-state index contributed by atoms with van der Waals surface area (Å²) in [6.07, 6.45) is 1.83. The van der Waals surface area contributed by atoms with Gasteiger partial charge in [0.2, 0.25) is 0 Å². The molecule has 2 atom stereocenters. The van der Waals surface area contributed by atoms with Gasteiger partial charge >= 0.3 is 6.18 Å². The number of rotatable bonds is 5. The Balaban J connectivity index is 1.78.